The maximum absolute atomic E-state index is 12.6. The Balaban J connectivity index is 3.00. The van der Waals surface area contributed by atoms with E-state index in [9.17, 15) is 13.2 Å². The second-order valence-electron chi connectivity index (χ2n) is 3.93. The fourth-order valence-corrected chi connectivity index (χ4v) is 1.56. The highest BCUT2D eigenvalue weighted by atomic mass is 19.4. The Labute approximate surface area is 86.9 Å². The molecule has 1 rings (SSSR count). The lowest BCUT2D eigenvalue weighted by Gasteiger charge is -2.25. The van der Waals surface area contributed by atoms with Crippen LogP contribution in [0, 0.1) is 23.2 Å². The van der Waals surface area contributed by atoms with Gasteiger partial charge in [-0.3, -0.25) is 0 Å². The largest absolute Gasteiger partial charge is 0.396 e. The molecule has 4 heteroatoms. The molecular formula is C11H12F3N. The first-order valence-corrected chi connectivity index (χ1v) is 4.73. The van der Waals surface area contributed by atoms with Crippen molar-refractivity contribution in [1.29, 1.82) is 5.26 Å². The number of hydrogen-bond donors (Lipinski definition) is 0. The highest BCUT2D eigenvalue weighted by Gasteiger charge is 2.43. The van der Waals surface area contributed by atoms with Crippen molar-refractivity contribution in [3.05, 3.63) is 23.3 Å². The van der Waals surface area contributed by atoms with Crippen molar-refractivity contribution in [1.82, 2.24) is 0 Å². The number of nitrogens with zero attached hydrogens (tertiary/aromatic N) is 1. The van der Waals surface area contributed by atoms with Crippen LogP contribution in [0.15, 0.2) is 23.3 Å². The van der Waals surface area contributed by atoms with Crippen molar-refractivity contribution in [2.24, 2.45) is 11.8 Å². The molecule has 0 aliphatic heterocycles. The molecule has 15 heavy (non-hydrogen) atoms. The van der Waals surface area contributed by atoms with E-state index in [1.54, 1.807) is 12.1 Å². The van der Waals surface area contributed by atoms with Crippen molar-refractivity contribution < 1.29 is 13.2 Å². The third-order valence-corrected chi connectivity index (χ3v) is 2.56. The predicted octanol–water partition coefficient (Wildman–Crippen LogP) is 3.60. The molecule has 0 N–H and O–H groups in total. The van der Waals surface area contributed by atoms with Crippen LogP contribution in [0.1, 0.15) is 20.3 Å². The Morgan fingerprint density at radius 1 is 1.40 bits per heavy atom. The number of halogens is 3. The molecule has 1 nitrogen and oxygen atoms in total. The van der Waals surface area contributed by atoms with Gasteiger partial charge in [-0.1, -0.05) is 25.5 Å². The fourth-order valence-electron chi connectivity index (χ4n) is 1.56. The van der Waals surface area contributed by atoms with Gasteiger partial charge in [-0.25, -0.2) is 0 Å². The van der Waals surface area contributed by atoms with Crippen LogP contribution in [-0.4, -0.2) is 6.18 Å². The normalized spacial score (nSPS) is 22.1. The molecule has 1 unspecified atom stereocenters. The van der Waals surface area contributed by atoms with Gasteiger partial charge in [0.05, 0.1) is 12.0 Å². The molecule has 0 aromatic rings. The lowest BCUT2D eigenvalue weighted by Crippen LogP contribution is -2.27. The Hall–Kier alpha value is -1.24. The van der Waals surface area contributed by atoms with E-state index in [1.165, 1.54) is 6.08 Å². The maximum atomic E-state index is 12.6. The second-order valence-corrected chi connectivity index (χ2v) is 3.93. The summed E-state index contributed by atoms with van der Waals surface area (Å²) in [6.45, 7) is 3.70. The summed E-state index contributed by atoms with van der Waals surface area (Å²) in [6.07, 6.45) is -1.49. The molecule has 0 aromatic carbocycles. The zero-order chi connectivity index (χ0) is 11.6. The molecule has 1 aliphatic rings. The van der Waals surface area contributed by atoms with Crippen molar-refractivity contribution >= 4 is 0 Å². The molecule has 0 aromatic heterocycles. The lowest BCUT2D eigenvalue weighted by atomic mass is 9.83. The van der Waals surface area contributed by atoms with Gasteiger partial charge in [0.25, 0.3) is 0 Å². The van der Waals surface area contributed by atoms with Crippen LogP contribution in [0.5, 0.6) is 0 Å². The van der Waals surface area contributed by atoms with Gasteiger partial charge in [0.1, 0.15) is 0 Å². The van der Waals surface area contributed by atoms with Gasteiger partial charge in [-0.2, -0.15) is 18.4 Å². The number of hydrogen-bond acceptors (Lipinski definition) is 1. The summed E-state index contributed by atoms with van der Waals surface area (Å²) in [5.41, 5.74) is 0.559. The quantitative estimate of drug-likeness (QED) is 0.655. The van der Waals surface area contributed by atoms with Gasteiger partial charge >= 0.3 is 6.18 Å². The topological polar surface area (TPSA) is 23.8 Å². The van der Waals surface area contributed by atoms with E-state index in [2.05, 4.69) is 0 Å². The predicted molar refractivity (Wildman–Crippen MR) is 50.8 cm³/mol. The molecular weight excluding hydrogens is 203 g/mol. The van der Waals surface area contributed by atoms with E-state index < -0.39 is 12.1 Å². The third-order valence-electron chi connectivity index (χ3n) is 2.56. The van der Waals surface area contributed by atoms with Crippen molar-refractivity contribution in [3.63, 3.8) is 0 Å². The molecule has 82 valence electrons. The molecule has 0 heterocycles. The third kappa shape index (κ3) is 2.62. The van der Waals surface area contributed by atoms with Crippen LogP contribution in [0.4, 0.5) is 13.2 Å². The van der Waals surface area contributed by atoms with Crippen molar-refractivity contribution in [2.75, 3.05) is 0 Å². The molecule has 0 bridgehead atoms. The van der Waals surface area contributed by atoms with Crippen molar-refractivity contribution in [3.8, 4) is 6.07 Å². The second kappa shape index (κ2) is 4.09. The Bertz CT molecular complexity index is 342. The zero-order valence-corrected chi connectivity index (χ0v) is 8.60. The SMILES string of the molecule is CC(C)C1=CC=C(C#N)C(C(F)(F)F)C1. The van der Waals surface area contributed by atoms with Crippen LogP contribution in [0.25, 0.3) is 0 Å². The van der Waals surface area contributed by atoms with E-state index in [0.717, 1.165) is 5.57 Å². The summed E-state index contributed by atoms with van der Waals surface area (Å²) < 4.78 is 37.8. The minimum absolute atomic E-state index is 0.0828. The average molecular weight is 215 g/mol. The number of nitriles is 1. The summed E-state index contributed by atoms with van der Waals surface area (Å²) in [7, 11) is 0. The minimum atomic E-state index is -4.32. The Kier molecular flexibility index (Phi) is 3.23. The van der Waals surface area contributed by atoms with Crippen LogP contribution in [0.3, 0.4) is 0 Å². The molecule has 0 amide bonds. The van der Waals surface area contributed by atoms with E-state index in [0.29, 0.717) is 0 Å². The van der Waals surface area contributed by atoms with E-state index in [1.807, 2.05) is 13.8 Å². The Morgan fingerprint density at radius 3 is 2.40 bits per heavy atom. The fraction of sp³-hybridized carbons (Fsp3) is 0.545. The van der Waals surface area contributed by atoms with E-state index in [-0.39, 0.29) is 17.9 Å². The van der Waals surface area contributed by atoms with Gasteiger partial charge in [-0.15, -0.1) is 0 Å². The van der Waals surface area contributed by atoms with Gasteiger partial charge in [0.15, 0.2) is 0 Å². The van der Waals surface area contributed by atoms with Crippen LogP contribution >= 0.6 is 0 Å². The first-order valence-electron chi connectivity index (χ1n) is 4.73. The molecule has 0 fully saturated rings. The summed E-state index contributed by atoms with van der Waals surface area (Å²) in [5, 5.41) is 8.60. The van der Waals surface area contributed by atoms with Crippen LogP contribution in [-0.2, 0) is 0 Å². The molecule has 0 radical (unpaired) electrons. The standard InChI is InChI=1S/C11H12F3N/c1-7(2)8-3-4-9(6-15)10(5-8)11(12,13)14/h3-4,7,10H,5H2,1-2H3. The van der Waals surface area contributed by atoms with E-state index >= 15 is 0 Å². The van der Waals surface area contributed by atoms with Gasteiger partial charge in [-0.05, 0) is 18.4 Å². The highest BCUT2D eigenvalue weighted by molar-refractivity contribution is 5.36. The van der Waals surface area contributed by atoms with Gasteiger partial charge in [0.2, 0.25) is 0 Å². The van der Waals surface area contributed by atoms with Gasteiger partial charge < -0.3 is 0 Å². The maximum Gasteiger partial charge on any atom is 0.396 e. The summed E-state index contributed by atoms with van der Waals surface area (Å²) in [5.74, 6) is -1.53. The molecule has 0 saturated carbocycles. The highest BCUT2D eigenvalue weighted by Crippen LogP contribution is 2.40. The number of rotatable bonds is 1. The monoisotopic (exact) mass is 215 g/mol. The van der Waals surface area contributed by atoms with Crippen molar-refractivity contribution in [2.45, 2.75) is 26.4 Å². The first kappa shape index (κ1) is 11.8. The lowest BCUT2D eigenvalue weighted by molar-refractivity contribution is -0.163. The van der Waals surface area contributed by atoms with Gasteiger partial charge in [0, 0.05) is 5.57 Å². The number of alkyl halides is 3. The molecule has 1 atom stereocenters. The first-order chi connectivity index (χ1) is 6.86. The zero-order valence-electron chi connectivity index (χ0n) is 8.60. The summed E-state index contributed by atoms with van der Waals surface area (Å²) in [4.78, 5) is 0. The van der Waals surface area contributed by atoms with Crippen LogP contribution in [0.2, 0.25) is 0 Å². The molecule has 1 aliphatic carbocycles. The Morgan fingerprint density at radius 2 is 2.00 bits per heavy atom. The van der Waals surface area contributed by atoms with E-state index in [4.69, 9.17) is 5.26 Å². The summed E-state index contributed by atoms with van der Waals surface area (Å²) >= 11 is 0. The molecule has 0 spiro atoms. The molecule has 0 saturated heterocycles. The summed E-state index contributed by atoms with van der Waals surface area (Å²) in [6, 6.07) is 1.62. The number of allylic oxidation sites excluding steroid dienone is 4. The smallest absolute Gasteiger partial charge is 0.193 e. The average Bonchev–Trinajstić information content (AvgIpc) is 2.15. The minimum Gasteiger partial charge on any atom is -0.193 e. The van der Waals surface area contributed by atoms with Crippen LogP contribution < -0.4 is 0 Å².